The van der Waals surface area contributed by atoms with Crippen molar-refractivity contribution in [1.82, 2.24) is 10.6 Å². The van der Waals surface area contributed by atoms with Crippen LogP contribution in [0.2, 0.25) is 10.0 Å². The van der Waals surface area contributed by atoms with E-state index < -0.39 is 28.9 Å². The number of hydrogen-bond donors (Lipinski definition) is 4. The molecule has 0 spiro atoms. The molecule has 5 N–H and O–H groups in total. The Labute approximate surface area is 685 Å². The van der Waals surface area contributed by atoms with E-state index in [-0.39, 0.29) is 46.9 Å². The molecule has 0 aromatic heterocycles. The fraction of sp³-hybridized carbons (Fsp3) is 0.797. The second-order valence-corrected chi connectivity index (χ2v) is 27.1. The number of esters is 1. The summed E-state index contributed by atoms with van der Waals surface area (Å²) >= 11 is 12.5. The molecule has 660 valence electrons. The summed E-state index contributed by atoms with van der Waals surface area (Å²) in [7, 11) is 0. The standard InChI is InChI=1S/C79H136Cl2N4O29/c1-78(2,3)114-76(88)72(67-68-9-11-69(12-10-68)84-75(87)74-70(80)7-6-8-71(74)81)85-77(89)79(14-4-5-15-79)16-18-83-73(86)13-19-90-21-23-92-25-27-94-29-31-96-33-35-98-37-39-100-41-43-102-45-47-104-49-51-106-53-55-108-57-59-110-61-63-112-65-66-113-64-62-111-60-58-109-56-54-107-52-50-105-48-46-103-44-42-101-40-38-99-36-34-97-32-30-95-28-26-93-24-22-91-20-17-82/h6-12,72H,4-5,13-67,82H2,1-3H3,(H,83,86)(H,84,87)(H,85,89)/t72-/m0/s1. The zero-order valence-electron chi connectivity index (χ0n) is 68.1. The number of carbonyl (C=O) groups is 4. The van der Waals surface area contributed by atoms with Crippen molar-refractivity contribution < 1.29 is 138 Å². The van der Waals surface area contributed by atoms with Gasteiger partial charge in [-0.1, -0.05) is 54.2 Å². The Bertz CT molecular complexity index is 2550. The van der Waals surface area contributed by atoms with E-state index >= 15 is 0 Å². The highest BCUT2D eigenvalue weighted by molar-refractivity contribution is 6.40. The van der Waals surface area contributed by atoms with Gasteiger partial charge >= 0.3 is 5.97 Å². The SMILES string of the molecule is CC(C)(C)OC(=O)[C@H](Cc1ccc(NC(=O)c2c(Cl)cccc2Cl)cc1)NC(=O)C1(CCNC(=O)CCOCCOCCOCCOCCOCCOCCOCCOCCOCCOCCOCCOCCOCCOCCOCCOCCOCCOCCOCCOCCOCCOCCOCCOCCN)CCCC1. The maximum Gasteiger partial charge on any atom is 0.329 e. The highest BCUT2D eigenvalue weighted by Crippen LogP contribution is 2.41. The van der Waals surface area contributed by atoms with Gasteiger partial charge in [-0.05, 0) is 69.9 Å². The van der Waals surface area contributed by atoms with E-state index in [1.807, 2.05) is 0 Å². The zero-order valence-corrected chi connectivity index (χ0v) is 69.6. The van der Waals surface area contributed by atoms with Crippen molar-refractivity contribution in [2.45, 2.75) is 77.4 Å². The first-order chi connectivity index (χ1) is 55.8. The topological polar surface area (TPSA) is 361 Å². The Morgan fingerprint density at radius 2 is 0.649 bits per heavy atom. The van der Waals surface area contributed by atoms with Gasteiger partial charge in [0.05, 0.1) is 338 Å². The summed E-state index contributed by atoms with van der Waals surface area (Å²) in [5.74, 6) is -1.47. The molecule has 33 nitrogen and oxygen atoms in total. The Hall–Kier alpha value is -4.10. The number of carbonyl (C=O) groups excluding carboxylic acids is 4. The molecule has 1 saturated carbocycles. The highest BCUT2D eigenvalue weighted by atomic mass is 35.5. The number of nitrogens with one attached hydrogen (secondary N) is 3. The van der Waals surface area contributed by atoms with Crippen LogP contribution >= 0.6 is 23.2 Å². The fourth-order valence-electron chi connectivity index (χ4n) is 10.3. The molecule has 3 amide bonds. The summed E-state index contributed by atoms with van der Waals surface area (Å²) in [6.45, 7) is 28.3. The van der Waals surface area contributed by atoms with Crippen LogP contribution in [0.4, 0.5) is 5.69 Å². The van der Waals surface area contributed by atoms with Crippen molar-refractivity contribution in [3.05, 3.63) is 63.6 Å². The molecule has 1 aliphatic carbocycles. The van der Waals surface area contributed by atoms with Gasteiger partial charge in [0, 0.05) is 31.6 Å². The van der Waals surface area contributed by atoms with Crippen LogP contribution in [0, 0.1) is 5.41 Å². The average molecular weight is 1680 g/mol. The Kier molecular flexibility index (Phi) is 68.6. The van der Waals surface area contributed by atoms with E-state index in [0.29, 0.717) is 349 Å². The van der Waals surface area contributed by atoms with Crippen molar-refractivity contribution in [2.24, 2.45) is 11.1 Å². The molecule has 1 fully saturated rings. The molecule has 0 aliphatic heterocycles. The second-order valence-electron chi connectivity index (χ2n) is 26.3. The predicted octanol–water partition coefficient (Wildman–Crippen LogP) is 5.43. The average Bonchev–Trinajstić information content (AvgIpc) is 1.52. The number of anilines is 1. The third kappa shape index (κ3) is 61.2. The van der Waals surface area contributed by atoms with E-state index in [2.05, 4.69) is 16.0 Å². The van der Waals surface area contributed by atoms with Gasteiger partial charge in [0.2, 0.25) is 11.8 Å². The van der Waals surface area contributed by atoms with E-state index in [0.717, 1.165) is 18.4 Å². The molecule has 0 radical (unpaired) electrons. The van der Waals surface area contributed by atoms with E-state index in [1.165, 1.54) is 0 Å². The van der Waals surface area contributed by atoms with Crippen molar-refractivity contribution in [1.29, 1.82) is 0 Å². The minimum Gasteiger partial charge on any atom is -0.458 e. The minimum absolute atomic E-state index is 0.151. The summed E-state index contributed by atoms with van der Waals surface area (Å²) in [6, 6.07) is 10.8. The fourth-order valence-corrected chi connectivity index (χ4v) is 10.9. The van der Waals surface area contributed by atoms with Crippen molar-refractivity contribution in [3.8, 4) is 0 Å². The van der Waals surface area contributed by atoms with Crippen LogP contribution in [0.25, 0.3) is 0 Å². The summed E-state index contributed by atoms with van der Waals surface area (Å²) in [5, 5.41) is 9.19. The lowest BCUT2D eigenvalue weighted by Gasteiger charge is -2.31. The molecular formula is C79H136Cl2N4O29. The van der Waals surface area contributed by atoms with E-state index in [4.69, 9.17) is 147 Å². The van der Waals surface area contributed by atoms with Crippen LogP contribution in [0.5, 0.6) is 0 Å². The first-order valence-electron chi connectivity index (χ1n) is 40.0. The molecule has 35 heteroatoms. The molecular weight excluding hydrogens is 1540 g/mol. The predicted molar refractivity (Wildman–Crippen MR) is 424 cm³/mol. The van der Waals surface area contributed by atoms with Gasteiger partial charge in [-0.2, -0.15) is 0 Å². The van der Waals surface area contributed by atoms with Gasteiger partial charge < -0.3 is 140 Å². The third-order valence-corrected chi connectivity index (χ3v) is 16.7. The molecule has 0 bridgehead atoms. The van der Waals surface area contributed by atoms with Crippen LogP contribution in [0.1, 0.15) is 75.2 Å². The van der Waals surface area contributed by atoms with Gasteiger partial charge in [0.25, 0.3) is 5.91 Å². The smallest absolute Gasteiger partial charge is 0.329 e. The highest BCUT2D eigenvalue weighted by Gasteiger charge is 2.42. The second kappa shape index (κ2) is 75.1. The quantitative estimate of drug-likeness (QED) is 0.0474. The summed E-state index contributed by atoms with van der Waals surface area (Å²) < 4.78 is 138. The number of nitrogens with two attached hydrogens (primary N) is 1. The van der Waals surface area contributed by atoms with Crippen molar-refractivity contribution >= 4 is 52.6 Å². The monoisotopic (exact) mass is 1670 g/mol. The first-order valence-corrected chi connectivity index (χ1v) is 40.8. The van der Waals surface area contributed by atoms with Crippen LogP contribution in [0.15, 0.2) is 42.5 Å². The summed E-state index contributed by atoms with van der Waals surface area (Å²) in [5.41, 5.74) is 5.19. The lowest BCUT2D eigenvalue weighted by Crippen LogP contribution is -2.51. The molecule has 114 heavy (non-hydrogen) atoms. The maximum atomic E-state index is 14.1. The van der Waals surface area contributed by atoms with Gasteiger partial charge in [-0.3, -0.25) is 14.4 Å². The number of halogens is 2. The Morgan fingerprint density at radius 3 is 0.912 bits per heavy atom. The molecule has 0 unspecified atom stereocenters. The van der Waals surface area contributed by atoms with Gasteiger partial charge in [-0.15, -0.1) is 0 Å². The lowest BCUT2D eigenvalue weighted by atomic mass is 9.81. The number of ether oxygens (including phenoxy) is 25. The number of hydrogen-bond acceptors (Lipinski definition) is 30. The molecule has 2 aromatic carbocycles. The number of rotatable bonds is 84. The van der Waals surface area contributed by atoms with E-state index in [9.17, 15) is 19.2 Å². The third-order valence-electron chi connectivity index (χ3n) is 16.1. The normalized spacial score (nSPS) is 13.1. The van der Waals surface area contributed by atoms with Crippen LogP contribution in [-0.4, -0.2) is 366 Å². The molecule has 3 rings (SSSR count). The van der Waals surface area contributed by atoms with Crippen LogP contribution < -0.4 is 21.7 Å². The zero-order chi connectivity index (χ0) is 81.8. The number of amides is 3. The lowest BCUT2D eigenvalue weighted by molar-refractivity contribution is -0.159. The minimum atomic E-state index is -0.981. The Morgan fingerprint density at radius 1 is 0.386 bits per heavy atom. The van der Waals surface area contributed by atoms with Gasteiger partial charge in [0.15, 0.2) is 0 Å². The van der Waals surface area contributed by atoms with Crippen molar-refractivity contribution in [3.63, 3.8) is 0 Å². The molecule has 1 atom stereocenters. The van der Waals surface area contributed by atoms with Crippen LogP contribution in [0.3, 0.4) is 0 Å². The first kappa shape index (κ1) is 104. The summed E-state index contributed by atoms with van der Waals surface area (Å²) in [4.78, 5) is 53.3. The number of benzene rings is 2. The molecule has 1 aliphatic rings. The van der Waals surface area contributed by atoms with Gasteiger partial charge in [0.1, 0.15) is 11.6 Å². The molecule has 0 heterocycles. The van der Waals surface area contributed by atoms with Gasteiger partial charge in [-0.25, -0.2) is 4.79 Å². The maximum absolute atomic E-state index is 14.1. The largest absolute Gasteiger partial charge is 0.458 e. The molecule has 2 aromatic rings. The van der Waals surface area contributed by atoms with Crippen molar-refractivity contribution in [2.75, 3.05) is 336 Å². The Balaban J connectivity index is 0.939. The molecule has 0 saturated heterocycles. The summed E-state index contributed by atoms with van der Waals surface area (Å²) in [6.07, 6.45) is 3.68. The van der Waals surface area contributed by atoms with E-state index in [1.54, 1.807) is 63.2 Å². The van der Waals surface area contributed by atoms with Crippen LogP contribution in [-0.2, 0) is 139 Å².